The van der Waals surface area contributed by atoms with Gasteiger partial charge in [-0.15, -0.1) is 11.3 Å². The maximum absolute atomic E-state index is 13.7. The number of anilines is 1. The molecule has 2 saturated heterocycles. The highest BCUT2D eigenvalue weighted by Gasteiger charge is 2.42. The molecule has 1 aromatic heterocycles. The molecule has 2 aliphatic rings. The molecule has 2 aliphatic heterocycles. The van der Waals surface area contributed by atoms with Gasteiger partial charge in [0.25, 0.3) is 5.91 Å². The fraction of sp³-hybridized carbons (Fsp3) is 0.290. The number of alkyl halides is 6. The third-order valence-electron chi connectivity index (χ3n) is 7.67. The summed E-state index contributed by atoms with van der Waals surface area (Å²) in [5, 5.41) is 16.5. The van der Waals surface area contributed by atoms with Crippen LogP contribution < -0.4 is 10.6 Å². The van der Waals surface area contributed by atoms with E-state index >= 15 is 0 Å². The van der Waals surface area contributed by atoms with Gasteiger partial charge < -0.3 is 15.7 Å². The number of carboxylic acid groups (broad SMARTS) is 1. The van der Waals surface area contributed by atoms with Crippen molar-refractivity contribution in [2.75, 3.05) is 18.4 Å². The van der Waals surface area contributed by atoms with E-state index in [4.69, 9.17) is 17.3 Å². The molecule has 0 bridgehead atoms. The van der Waals surface area contributed by atoms with Gasteiger partial charge in [-0.05, 0) is 109 Å². The van der Waals surface area contributed by atoms with Crippen LogP contribution in [0, 0.1) is 5.92 Å². The zero-order valence-corrected chi connectivity index (χ0v) is 26.5. The van der Waals surface area contributed by atoms with Gasteiger partial charge in [0.1, 0.15) is 10.4 Å². The maximum atomic E-state index is 13.7. The lowest BCUT2D eigenvalue weighted by molar-refractivity contribution is -0.143. The number of thiocarbonyl (C=S) groups is 1. The number of rotatable bonds is 8. The Hall–Kier alpha value is -3.73. The van der Waals surface area contributed by atoms with Gasteiger partial charge in [0.05, 0.1) is 21.6 Å². The van der Waals surface area contributed by atoms with Crippen LogP contribution in [-0.4, -0.2) is 51.2 Å². The molecule has 2 fully saturated rings. The highest BCUT2D eigenvalue weighted by molar-refractivity contribution is 8.26. The summed E-state index contributed by atoms with van der Waals surface area (Å²) in [5.74, 6) is -2.12. The molecule has 248 valence electrons. The Bertz CT molecular complexity index is 1700. The predicted octanol–water partition coefficient (Wildman–Crippen LogP) is 7.75. The molecule has 3 N–H and O–H groups in total. The van der Waals surface area contributed by atoms with E-state index in [-0.39, 0.29) is 37.9 Å². The van der Waals surface area contributed by atoms with Crippen molar-refractivity contribution in [2.24, 2.45) is 5.92 Å². The second-order valence-electron chi connectivity index (χ2n) is 10.9. The number of thioether (sulfide) groups is 1. The summed E-state index contributed by atoms with van der Waals surface area (Å²) < 4.78 is 80.5. The summed E-state index contributed by atoms with van der Waals surface area (Å²) in [7, 11) is 0. The normalized spacial score (nSPS) is 17.7. The number of nitrogens with one attached hydrogen (secondary N) is 2. The first-order chi connectivity index (χ1) is 22.1. The lowest BCUT2D eigenvalue weighted by Crippen LogP contribution is -2.48. The molecule has 0 aliphatic carbocycles. The van der Waals surface area contributed by atoms with Crippen molar-refractivity contribution in [3.05, 3.63) is 80.4 Å². The van der Waals surface area contributed by atoms with Crippen molar-refractivity contribution in [1.29, 1.82) is 0 Å². The summed E-state index contributed by atoms with van der Waals surface area (Å²) in [6.07, 6.45) is -6.71. The molecular formula is C31H25F6N3O4S3. The molecule has 0 unspecified atom stereocenters. The molecule has 5 rings (SSSR count). The van der Waals surface area contributed by atoms with Crippen molar-refractivity contribution >= 4 is 69.2 Å². The number of carboxylic acids is 1. The Morgan fingerprint density at radius 1 is 1.00 bits per heavy atom. The lowest BCUT2D eigenvalue weighted by atomic mass is 9.90. The number of carbonyl (C=O) groups is 3. The third-order valence-corrected chi connectivity index (χ3v) is 9.88. The summed E-state index contributed by atoms with van der Waals surface area (Å²) in [5.41, 5.74) is -2.71. The molecule has 0 saturated carbocycles. The number of piperidine rings is 1. The molecule has 3 aromatic rings. The molecule has 3 heterocycles. The van der Waals surface area contributed by atoms with E-state index in [1.165, 1.54) is 46.7 Å². The minimum Gasteiger partial charge on any atom is -0.478 e. The number of nitrogens with zero attached hydrogens (tertiary/aromatic N) is 1. The van der Waals surface area contributed by atoms with Crippen LogP contribution in [0.2, 0.25) is 0 Å². The Morgan fingerprint density at radius 3 is 2.19 bits per heavy atom. The van der Waals surface area contributed by atoms with E-state index in [0.717, 1.165) is 49.0 Å². The molecule has 0 radical (unpaired) electrons. The van der Waals surface area contributed by atoms with E-state index < -0.39 is 47.3 Å². The predicted molar refractivity (Wildman–Crippen MR) is 171 cm³/mol. The standard InChI is InChI=1S/C31H25F6N3O4S3/c32-30(33,34)20-10-18(11-21(13-20)31(35,36)37)19-12-23(46-15-19)14-25-27(42)40(29(45)47-25)24(9-16-5-7-38-8-6-16)26(41)39-22-3-1-17(2-4-22)28(43)44/h1-4,10-16,24,38H,5-9H2,(H,39,41)(H,43,44)/t24-/m0/s1. The van der Waals surface area contributed by atoms with Gasteiger partial charge in [-0.25, -0.2) is 4.79 Å². The SMILES string of the molecule is O=C(O)c1ccc(NC(=O)[C@H](CC2CCNCC2)N2C(=O)C(=Cc3cc(-c4cc(C(F)(F)F)cc(C(F)(F)F)c4)cs3)SC2=S)cc1. The molecule has 1 atom stereocenters. The molecule has 2 amide bonds. The zero-order chi connectivity index (χ0) is 34.1. The van der Waals surface area contributed by atoms with Gasteiger partial charge in [-0.3, -0.25) is 14.5 Å². The number of thiophene rings is 1. The fourth-order valence-electron chi connectivity index (χ4n) is 5.26. The van der Waals surface area contributed by atoms with Gasteiger partial charge >= 0.3 is 18.3 Å². The van der Waals surface area contributed by atoms with E-state index in [0.29, 0.717) is 29.1 Å². The number of carbonyl (C=O) groups excluding carboxylic acids is 2. The average molecular weight is 714 g/mol. The van der Waals surface area contributed by atoms with Crippen LogP contribution in [0.15, 0.2) is 58.8 Å². The topological polar surface area (TPSA) is 98.7 Å². The van der Waals surface area contributed by atoms with Crippen LogP contribution in [0.1, 0.15) is 45.6 Å². The van der Waals surface area contributed by atoms with Crippen molar-refractivity contribution in [2.45, 2.75) is 37.7 Å². The number of amides is 2. The summed E-state index contributed by atoms with van der Waals surface area (Å²) in [4.78, 5) is 40.3. The minimum absolute atomic E-state index is 0.0296. The van der Waals surface area contributed by atoms with Crippen LogP contribution in [0.4, 0.5) is 32.0 Å². The van der Waals surface area contributed by atoms with Crippen molar-refractivity contribution < 1.29 is 45.8 Å². The first-order valence-electron chi connectivity index (χ1n) is 14.1. The Balaban J connectivity index is 1.41. The fourth-order valence-corrected chi connectivity index (χ4v) is 7.53. The van der Waals surface area contributed by atoms with Crippen LogP contribution in [0.25, 0.3) is 17.2 Å². The molecule has 2 aromatic carbocycles. The Morgan fingerprint density at radius 2 is 1.62 bits per heavy atom. The molecular weight excluding hydrogens is 689 g/mol. The zero-order valence-electron chi connectivity index (χ0n) is 24.1. The largest absolute Gasteiger partial charge is 0.478 e. The second-order valence-corrected chi connectivity index (χ2v) is 13.5. The van der Waals surface area contributed by atoms with Crippen molar-refractivity contribution in [3.8, 4) is 11.1 Å². The summed E-state index contributed by atoms with van der Waals surface area (Å²) in [6, 6.07) is 7.25. The third kappa shape index (κ3) is 8.23. The maximum Gasteiger partial charge on any atom is 0.416 e. The van der Waals surface area contributed by atoms with Gasteiger partial charge in [-0.1, -0.05) is 24.0 Å². The monoisotopic (exact) mass is 713 g/mol. The van der Waals surface area contributed by atoms with Crippen LogP contribution in [0.3, 0.4) is 0 Å². The highest BCUT2D eigenvalue weighted by atomic mass is 32.2. The van der Waals surface area contributed by atoms with Gasteiger partial charge in [0, 0.05) is 10.6 Å². The van der Waals surface area contributed by atoms with Gasteiger partial charge in [0.2, 0.25) is 5.91 Å². The van der Waals surface area contributed by atoms with Crippen LogP contribution in [-0.2, 0) is 21.9 Å². The number of aromatic carboxylic acids is 1. The van der Waals surface area contributed by atoms with Crippen LogP contribution >= 0.6 is 35.3 Å². The van der Waals surface area contributed by atoms with Gasteiger partial charge in [-0.2, -0.15) is 26.3 Å². The number of halogens is 6. The van der Waals surface area contributed by atoms with Crippen molar-refractivity contribution in [1.82, 2.24) is 10.2 Å². The summed E-state index contributed by atoms with van der Waals surface area (Å²) in [6.45, 7) is 1.48. The lowest BCUT2D eigenvalue weighted by Gasteiger charge is -2.31. The van der Waals surface area contributed by atoms with Crippen molar-refractivity contribution in [3.63, 3.8) is 0 Å². The molecule has 0 spiro atoms. The average Bonchev–Trinajstić information content (AvgIpc) is 3.59. The van der Waals surface area contributed by atoms with E-state index in [1.54, 1.807) is 0 Å². The minimum atomic E-state index is -5.00. The molecule has 16 heteroatoms. The number of benzene rings is 2. The summed E-state index contributed by atoms with van der Waals surface area (Å²) >= 11 is 7.47. The first kappa shape index (κ1) is 34.6. The Kier molecular flexibility index (Phi) is 10.1. The molecule has 47 heavy (non-hydrogen) atoms. The number of hydrogen-bond acceptors (Lipinski definition) is 7. The second kappa shape index (κ2) is 13.8. The molecule has 7 nitrogen and oxygen atoms in total. The van der Waals surface area contributed by atoms with E-state index in [2.05, 4.69) is 10.6 Å². The van der Waals surface area contributed by atoms with E-state index in [1.807, 2.05) is 0 Å². The van der Waals surface area contributed by atoms with Crippen LogP contribution in [0.5, 0.6) is 0 Å². The smallest absolute Gasteiger partial charge is 0.416 e. The highest BCUT2D eigenvalue weighted by Crippen LogP contribution is 2.41. The number of hydrogen-bond donors (Lipinski definition) is 3. The van der Waals surface area contributed by atoms with E-state index in [9.17, 15) is 40.7 Å². The van der Waals surface area contributed by atoms with Gasteiger partial charge in [0.15, 0.2) is 0 Å². The first-order valence-corrected chi connectivity index (χ1v) is 16.2. The quantitative estimate of drug-likeness (QED) is 0.125. The Labute approximate surface area is 278 Å².